The molecular formula is C57H108N2O19P2. The zero-order chi connectivity index (χ0) is 59.0. The molecule has 2 amide bonds. The van der Waals surface area contributed by atoms with E-state index in [0.717, 1.165) is 135 Å². The normalized spacial score (nSPS) is 24.1. The van der Waals surface area contributed by atoms with Gasteiger partial charge >= 0.3 is 15.6 Å². The first-order valence-electron chi connectivity index (χ1n) is 30.5. The Hall–Kier alpha value is -1.75. The van der Waals surface area contributed by atoms with Gasteiger partial charge in [-0.25, -0.2) is 9.13 Å². The summed E-state index contributed by atoms with van der Waals surface area (Å²) in [5.74, 6) is -1.64. The first-order chi connectivity index (χ1) is 38.4. The van der Waals surface area contributed by atoms with Gasteiger partial charge in [-0.2, -0.15) is 0 Å². The lowest BCUT2D eigenvalue weighted by molar-refractivity contribution is -0.301. The zero-order valence-electron chi connectivity index (χ0n) is 49.6. The molecule has 2 aliphatic rings. The van der Waals surface area contributed by atoms with Gasteiger partial charge in [0.1, 0.15) is 54.5 Å². The van der Waals surface area contributed by atoms with Crippen LogP contribution in [0.5, 0.6) is 0 Å². The van der Waals surface area contributed by atoms with Crippen molar-refractivity contribution in [1.29, 1.82) is 0 Å². The molecule has 2 rings (SSSR count). The molecule has 2 fully saturated rings. The topological polar surface area (TPSA) is 294 Å². The number of ether oxygens (including phenoxy) is 7. The predicted molar refractivity (Wildman–Crippen MR) is 305 cm³/mol. The van der Waals surface area contributed by atoms with Crippen LogP contribution < -0.4 is 10.6 Å². The Labute approximate surface area is 479 Å². The molecule has 0 aromatic rings. The lowest BCUT2D eigenvalue weighted by atomic mass is 9.95. The summed E-state index contributed by atoms with van der Waals surface area (Å²) in [6.07, 6.45) is 20.0. The van der Waals surface area contributed by atoms with Crippen LogP contribution >= 0.6 is 15.6 Å². The molecule has 0 aliphatic carbocycles. The highest BCUT2D eigenvalue weighted by atomic mass is 31.2. The highest BCUT2D eigenvalue weighted by Crippen LogP contribution is 2.44. The molecule has 0 bridgehead atoms. The summed E-state index contributed by atoms with van der Waals surface area (Å²) in [7, 11) is -7.66. The highest BCUT2D eigenvalue weighted by Gasteiger charge is 2.53. The number of rotatable bonds is 50. The van der Waals surface area contributed by atoms with Gasteiger partial charge in [-0.1, -0.05) is 168 Å². The van der Waals surface area contributed by atoms with E-state index in [1.165, 1.54) is 32.8 Å². The van der Waals surface area contributed by atoms with Gasteiger partial charge in [0, 0.05) is 40.3 Å². The van der Waals surface area contributed by atoms with Gasteiger partial charge in [-0.3, -0.25) is 23.4 Å². The molecule has 1 unspecified atom stereocenters. The molecular weight excluding hydrogens is 1080 g/mol. The number of Topliss-reactive ketones (excluding diaryl/α,β-unsaturated/α-hetero) is 1. The maximum Gasteiger partial charge on any atom is 0.472 e. The molecule has 0 spiro atoms. The van der Waals surface area contributed by atoms with Crippen LogP contribution in [0.15, 0.2) is 12.2 Å². The molecule has 21 nitrogen and oxygen atoms in total. The Kier molecular flexibility index (Phi) is 41.5. The summed E-state index contributed by atoms with van der Waals surface area (Å²) in [6, 6.07) is -2.83. The van der Waals surface area contributed by atoms with Crippen molar-refractivity contribution in [1.82, 2.24) is 10.6 Å². The Bertz CT molecular complexity index is 1740. The van der Waals surface area contributed by atoms with E-state index in [-0.39, 0.29) is 38.8 Å². The van der Waals surface area contributed by atoms with Gasteiger partial charge < -0.3 is 68.5 Å². The molecule has 0 saturated carbocycles. The first-order valence-corrected chi connectivity index (χ1v) is 33.6. The first kappa shape index (κ1) is 74.4. The summed E-state index contributed by atoms with van der Waals surface area (Å²) < 4.78 is 78.4. The fourth-order valence-corrected chi connectivity index (χ4v) is 11.1. The molecule has 80 heavy (non-hydrogen) atoms. The third-order valence-electron chi connectivity index (χ3n) is 14.7. The molecule has 2 aliphatic heterocycles. The van der Waals surface area contributed by atoms with Gasteiger partial charge in [0.05, 0.1) is 25.7 Å². The zero-order valence-corrected chi connectivity index (χ0v) is 51.4. The number of phosphoric acid groups is 2. The van der Waals surface area contributed by atoms with Crippen LogP contribution in [0.4, 0.5) is 0 Å². The van der Waals surface area contributed by atoms with E-state index in [2.05, 4.69) is 43.6 Å². The Morgan fingerprint density at radius 2 is 1.04 bits per heavy atom. The second kappa shape index (κ2) is 44.7. The molecule has 0 aromatic heterocycles. The van der Waals surface area contributed by atoms with Gasteiger partial charge in [0.15, 0.2) is 12.6 Å². The number of phosphoric ester groups is 2. The lowest BCUT2D eigenvalue weighted by Crippen LogP contribution is -2.67. The minimum absolute atomic E-state index is 0.00790. The number of aliphatic hydroxyl groups excluding tert-OH is 1. The van der Waals surface area contributed by atoms with Crippen molar-refractivity contribution < 1.29 is 90.4 Å². The summed E-state index contributed by atoms with van der Waals surface area (Å²) in [6.45, 7) is 7.29. The SMILES string of the molecule is CCCCCC/C=C\CCCCCCCCCC(=O)N[C@H]1[C@H](OCC2O[C@H](OP(=O)(O)O)[C@H](NC(=O)CC(=O)CC)[C@@H](OCCCCCCCCCC)[C@@H]2O)O[C@H](COC)[C@@H](OP(=O)(O)O)[C@@H]1OCC[C@@H](CCCCCCC)OC. The third-order valence-corrected chi connectivity index (χ3v) is 15.7. The number of methoxy groups -OCH3 is 2. The third kappa shape index (κ3) is 33.7. The van der Waals surface area contributed by atoms with Crippen LogP contribution in [0.3, 0.4) is 0 Å². The van der Waals surface area contributed by atoms with Gasteiger partial charge in [-0.05, 0) is 51.4 Å². The van der Waals surface area contributed by atoms with Crippen LogP contribution in [-0.4, -0.2) is 150 Å². The van der Waals surface area contributed by atoms with Crippen molar-refractivity contribution in [3.63, 3.8) is 0 Å². The van der Waals surface area contributed by atoms with E-state index in [0.29, 0.717) is 19.3 Å². The minimum atomic E-state index is -5.37. The largest absolute Gasteiger partial charge is 0.472 e. The second-order valence-corrected chi connectivity index (χ2v) is 24.0. The number of unbranched alkanes of at least 4 members (excludes halogenated alkanes) is 22. The van der Waals surface area contributed by atoms with Crippen LogP contribution in [-0.2, 0) is 65.7 Å². The number of nitrogens with one attached hydrogen (secondary N) is 2. The Morgan fingerprint density at radius 1 is 0.537 bits per heavy atom. The van der Waals surface area contributed by atoms with Crippen LogP contribution in [0.25, 0.3) is 0 Å². The molecule has 2 saturated heterocycles. The number of allylic oxidation sites excluding steroid dienone is 2. The lowest BCUT2D eigenvalue weighted by Gasteiger charge is -2.47. The van der Waals surface area contributed by atoms with Gasteiger partial charge in [-0.15, -0.1) is 0 Å². The van der Waals surface area contributed by atoms with Gasteiger partial charge in [0.2, 0.25) is 11.8 Å². The predicted octanol–water partition coefficient (Wildman–Crippen LogP) is 10.1. The quantitative estimate of drug-likeness (QED) is 0.0129. The van der Waals surface area contributed by atoms with E-state index in [1.807, 2.05) is 0 Å². The number of aliphatic hydroxyl groups is 1. The fraction of sp³-hybridized carbons (Fsp3) is 0.912. The summed E-state index contributed by atoms with van der Waals surface area (Å²) in [4.78, 5) is 80.2. The molecule has 470 valence electrons. The standard InChI is InChI=1S/C57H108N2O19P2/c1-7-11-14-17-19-21-22-23-24-25-26-27-28-31-34-37-48(61)58-51-55(73-40-38-45(71-6)36-33-30-16-13-9-3)53(77-79(64,65)66)47(42-70-5)76-56(51)74-43-46-52(63)54(72-39-35-32-29-20-18-15-12-8-2)50(57(75-46)78-80(67,68)69)59-49(62)41-44(60)10-4/h21-22,45-47,50-57,63H,7-20,23-43H2,1-6H3,(H,58,61)(H,59,62)(H2,64,65,66)(H2,67,68,69)/b22-21-/t45-,46?,47-,50-,51-,52-,53-,54-,55-,56-,57-/m1/s1. The van der Waals surface area contributed by atoms with Crippen molar-refractivity contribution in [3.8, 4) is 0 Å². The fourth-order valence-electron chi connectivity index (χ4n) is 10.1. The number of carbonyl (C=O) groups is 3. The molecule has 7 N–H and O–H groups in total. The summed E-state index contributed by atoms with van der Waals surface area (Å²) in [5, 5.41) is 17.6. The average molecular weight is 1190 g/mol. The van der Waals surface area contributed by atoms with Crippen molar-refractivity contribution in [2.75, 3.05) is 40.6 Å². The summed E-state index contributed by atoms with van der Waals surface area (Å²) >= 11 is 0. The van der Waals surface area contributed by atoms with Crippen molar-refractivity contribution in [3.05, 3.63) is 12.2 Å². The monoisotopic (exact) mass is 1190 g/mol. The van der Waals surface area contributed by atoms with Crippen molar-refractivity contribution in [2.24, 2.45) is 0 Å². The highest BCUT2D eigenvalue weighted by molar-refractivity contribution is 7.46. The minimum Gasteiger partial charge on any atom is -0.388 e. The number of hydrogen-bond donors (Lipinski definition) is 7. The molecule has 0 radical (unpaired) electrons. The maximum atomic E-state index is 14.0. The molecule has 11 atom stereocenters. The molecule has 2 heterocycles. The van der Waals surface area contributed by atoms with E-state index >= 15 is 0 Å². The Morgan fingerprint density at radius 3 is 1.60 bits per heavy atom. The average Bonchev–Trinajstić information content (AvgIpc) is 3.40. The Balaban J connectivity index is 2.44. The number of carbonyl (C=O) groups excluding carboxylic acids is 3. The smallest absolute Gasteiger partial charge is 0.388 e. The molecule has 0 aromatic carbocycles. The molecule has 23 heteroatoms. The maximum absolute atomic E-state index is 14.0. The summed E-state index contributed by atoms with van der Waals surface area (Å²) in [5.41, 5.74) is 0. The van der Waals surface area contributed by atoms with Gasteiger partial charge in [0.25, 0.3) is 0 Å². The van der Waals surface area contributed by atoms with Crippen LogP contribution in [0, 0.1) is 0 Å². The van der Waals surface area contributed by atoms with E-state index in [1.54, 1.807) is 14.0 Å². The number of amides is 2. The van der Waals surface area contributed by atoms with Crippen molar-refractivity contribution in [2.45, 2.75) is 294 Å². The second-order valence-electron chi connectivity index (χ2n) is 21.6. The van der Waals surface area contributed by atoms with E-state index < -0.39 is 108 Å². The van der Waals surface area contributed by atoms with E-state index in [9.17, 15) is 48.2 Å². The number of ketones is 1. The van der Waals surface area contributed by atoms with Crippen molar-refractivity contribution >= 4 is 33.2 Å². The van der Waals surface area contributed by atoms with E-state index in [4.69, 9.17) is 42.2 Å². The van der Waals surface area contributed by atoms with Crippen LogP contribution in [0.1, 0.15) is 227 Å². The van der Waals surface area contributed by atoms with Crippen LogP contribution in [0.2, 0.25) is 0 Å². The number of hydrogen-bond acceptors (Lipinski definition) is 15.